The van der Waals surface area contributed by atoms with Crippen molar-refractivity contribution < 1.29 is 24.2 Å². The Kier molecular flexibility index (Phi) is 5.19. The van der Waals surface area contributed by atoms with Crippen molar-refractivity contribution in [2.45, 2.75) is 6.61 Å². The fraction of sp³-hybridized carbons (Fsp3) is 0.0526. The van der Waals surface area contributed by atoms with Crippen LogP contribution in [-0.2, 0) is 6.61 Å². The Morgan fingerprint density at radius 1 is 1.12 bits per heavy atom. The summed E-state index contributed by atoms with van der Waals surface area (Å²) >= 11 is 0. The first-order chi connectivity index (χ1) is 12.6. The number of para-hydroxylation sites is 1. The summed E-state index contributed by atoms with van der Waals surface area (Å²) < 4.78 is 11.0. The fourth-order valence-electron chi connectivity index (χ4n) is 2.11. The van der Waals surface area contributed by atoms with Crippen LogP contribution in [0.3, 0.4) is 0 Å². The lowest BCUT2D eigenvalue weighted by molar-refractivity contribution is 0.0923. The predicted octanol–water partition coefficient (Wildman–Crippen LogP) is 3.03. The SMILES string of the molecule is O=C(N/N=C/c1ccc(O)cc1O)c1ccc(COc2ccccc2)o1. The molecule has 0 atom stereocenters. The van der Waals surface area contributed by atoms with E-state index < -0.39 is 5.91 Å². The Balaban J connectivity index is 1.55. The molecule has 3 rings (SSSR count). The van der Waals surface area contributed by atoms with Gasteiger partial charge in [-0.3, -0.25) is 4.79 Å². The topological polar surface area (TPSA) is 104 Å². The van der Waals surface area contributed by atoms with E-state index in [0.717, 1.165) is 0 Å². The van der Waals surface area contributed by atoms with Gasteiger partial charge in [0.25, 0.3) is 0 Å². The molecule has 3 N–H and O–H groups in total. The van der Waals surface area contributed by atoms with Crippen LogP contribution in [0, 0.1) is 0 Å². The molecule has 0 aliphatic heterocycles. The standard InChI is InChI=1S/C19H16N2O5/c22-14-7-6-13(17(23)10-14)11-20-21-19(24)18-9-8-16(26-18)12-25-15-4-2-1-3-5-15/h1-11,22-23H,12H2,(H,21,24)/b20-11+. The molecule has 0 spiro atoms. The highest BCUT2D eigenvalue weighted by Gasteiger charge is 2.11. The molecule has 0 radical (unpaired) electrons. The summed E-state index contributed by atoms with van der Waals surface area (Å²) in [4.78, 5) is 12.0. The number of phenolic OH excluding ortho intramolecular Hbond substituents is 2. The minimum Gasteiger partial charge on any atom is -0.508 e. The Morgan fingerprint density at radius 2 is 1.92 bits per heavy atom. The van der Waals surface area contributed by atoms with E-state index in [1.54, 1.807) is 6.07 Å². The number of nitrogens with one attached hydrogen (secondary N) is 1. The number of aromatic hydroxyl groups is 2. The molecule has 0 unspecified atom stereocenters. The van der Waals surface area contributed by atoms with Gasteiger partial charge in [0, 0.05) is 11.6 Å². The maximum absolute atomic E-state index is 12.0. The monoisotopic (exact) mass is 352 g/mol. The molecule has 1 amide bonds. The summed E-state index contributed by atoms with van der Waals surface area (Å²) in [6, 6.07) is 16.5. The first kappa shape index (κ1) is 17.1. The third-order valence-corrected chi connectivity index (χ3v) is 3.39. The molecule has 1 heterocycles. The lowest BCUT2D eigenvalue weighted by atomic mass is 10.2. The number of hydrogen-bond donors (Lipinski definition) is 3. The van der Waals surface area contributed by atoms with E-state index in [4.69, 9.17) is 9.15 Å². The Labute approximate surface area is 149 Å². The molecule has 7 nitrogen and oxygen atoms in total. The van der Waals surface area contributed by atoms with E-state index in [0.29, 0.717) is 17.1 Å². The van der Waals surface area contributed by atoms with E-state index in [1.807, 2.05) is 30.3 Å². The van der Waals surface area contributed by atoms with E-state index in [2.05, 4.69) is 10.5 Å². The van der Waals surface area contributed by atoms with Crippen LogP contribution in [0.5, 0.6) is 17.2 Å². The summed E-state index contributed by atoms with van der Waals surface area (Å²) in [6.07, 6.45) is 1.26. The largest absolute Gasteiger partial charge is 0.508 e. The van der Waals surface area contributed by atoms with Crippen LogP contribution < -0.4 is 10.2 Å². The van der Waals surface area contributed by atoms with Crippen molar-refractivity contribution in [1.29, 1.82) is 0 Å². The summed E-state index contributed by atoms with van der Waals surface area (Å²) in [5, 5.41) is 22.6. The fourth-order valence-corrected chi connectivity index (χ4v) is 2.11. The number of nitrogens with zero attached hydrogens (tertiary/aromatic N) is 1. The third kappa shape index (κ3) is 4.41. The van der Waals surface area contributed by atoms with Gasteiger partial charge >= 0.3 is 5.91 Å². The van der Waals surface area contributed by atoms with E-state index in [1.165, 1.54) is 30.5 Å². The van der Waals surface area contributed by atoms with Gasteiger partial charge in [-0.25, -0.2) is 5.43 Å². The lowest BCUT2D eigenvalue weighted by Crippen LogP contribution is -2.16. The van der Waals surface area contributed by atoms with Gasteiger partial charge in [-0.15, -0.1) is 0 Å². The first-order valence-corrected chi connectivity index (χ1v) is 7.74. The second-order valence-electron chi connectivity index (χ2n) is 5.31. The number of carbonyl (C=O) groups is 1. The molecule has 0 aliphatic carbocycles. The van der Waals surface area contributed by atoms with Gasteiger partial charge in [-0.2, -0.15) is 5.10 Å². The Hall–Kier alpha value is -3.74. The molecule has 0 saturated carbocycles. The summed E-state index contributed by atoms with van der Waals surface area (Å²) in [6.45, 7) is 0.196. The smallest absolute Gasteiger partial charge is 0.307 e. The van der Waals surface area contributed by atoms with Gasteiger partial charge in [0.2, 0.25) is 0 Å². The van der Waals surface area contributed by atoms with Crippen molar-refractivity contribution in [1.82, 2.24) is 5.43 Å². The van der Waals surface area contributed by atoms with Crippen LogP contribution >= 0.6 is 0 Å². The van der Waals surface area contributed by atoms with Crippen molar-refractivity contribution in [3.63, 3.8) is 0 Å². The molecule has 7 heteroatoms. The highest BCUT2D eigenvalue weighted by atomic mass is 16.5. The zero-order chi connectivity index (χ0) is 18.4. The van der Waals surface area contributed by atoms with Gasteiger partial charge in [0.1, 0.15) is 29.6 Å². The quantitative estimate of drug-likeness (QED) is 0.467. The highest BCUT2D eigenvalue weighted by Crippen LogP contribution is 2.20. The number of benzene rings is 2. The minimum atomic E-state index is -0.537. The third-order valence-electron chi connectivity index (χ3n) is 3.39. The molecule has 0 saturated heterocycles. The average molecular weight is 352 g/mol. The first-order valence-electron chi connectivity index (χ1n) is 7.74. The zero-order valence-corrected chi connectivity index (χ0v) is 13.6. The van der Waals surface area contributed by atoms with E-state index in [9.17, 15) is 15.0 Å². The van der Waals surface area contributed by atoms with Crippen molar-refractivity contribution in [3.05, 3.63) is 77.7 Å². The normalized spacial score (nSPS) is 10.8. The molecule has 0 fully saturated rings. The number of furan rings is 1. The summed E-state index contributed by atoms with van der Waals surface area (Å²) in [5.74, 6) is 0.535. The zero-order valence-electron chi connectivity index (χ0n) is 13.6. The number of phenols is 2. The molecule has 0 bridgehead atoms. The van der Waals surface area contributed by atoms with Crippen molar-refractivity contribution >= 4 is 12.1 Å². The van der Waals surface area contributed by atoms with Crippen LogP contribution in [0.2, 0.25) is 0 Å². The minimum absolute atomic E-state index is 0.0653. The molecule has 132 valence electrons. The van der Waals surface area contributed by atoms with Crippen LogP contribution in [-0.4, -0.2) is 22.3 Å². The number of carbonyl (C=O) groups excluding carboxylic acids is 1. The van der Waals surface area contributed by atoms with Gasteiger partial charge in [0.05, 0.1) is 6.21 Å². The van der Waals surface area contributed by atoms with Crippen LogP contribution in [0.15, 0.2) is 70.2 Å². The van der Waals surface area contributed by atoms with Crippen molar-refractivity contribution in [3.8, 4) is 17.2 Å². The molecule has 3 aromatic rings. The van der Waals surface area contributed by atoms with Gasteiger partial charge in [-0.1, -0.05) is 18.2 Å². The summed E-state index contributed by atoms with van der Waals surface area (Å²) in [5.41, 5.74) is 2.65. The Morgan fingerprint density at radius 3 is 2.69 bits per heavy atom. The van der Waals surface area contributed by atoms with E-state index >= 15 is 0 Å². The van der Waals surface area contributed by atoms with Gasteiger partial charge in [-0.05, 0) is 36.4 Å². The second kappa shape index (κ2) is 7.89. The number of hydrazone groups is 1. The Bertz CT molecular complexity index is 919. The van der Waals surface area contributed by atoms with Gasteiger partial charge in [0.15, 0.2) is 5.76 Å². The molecule has 2 aromatic carbocycles. The number of rotatable bonds is 6. The number of amides is 1. The molecule has 0 aliphatic rings. The molecular formula is C19H16N2O5. The van der Waals surface area contributed by atoms with Crippen LogP contribution in [0.25, 0.3) is 0 Å². The van der Waals surface area contributed by atoms with Crippen LogP contribution in [0.4, 0.5) is 0 Å². The summed E-state index contributed by atoms with van der Waals surface area (Å²) in [7, 11) is 0. The molecule has 26 heavy (non-hydrogen) atoms. The number of hydrogen-bond acceptors (Lipinski definition) is 6. The maximum Gasteiger partial charge on any atom is 0.307 e. The molecule has 1 aromatic heterocycles. The number of ether oxygens (including phenoxy) is 1. The predicted molar refractivity (Wildman–Crippen MR) is 94.3 cm³/mol. The van der Waals surface area contributed by atoms with Crippen LogP contribution in [0.1, 0.15) is 21.9 Å². The van der Waals surface area contributed by atoms with Crippen molar-refractivity contribution in [2.75, 3.05) is 0 Å². The van der Waals surface area contributed by atoms with Crippen molar-refractivity contribution in [2.24, 2.45) is 5.10 Å². The van der Waals surface area contributed by atoms with Gasteiger partial charge < -0.3 is 19.4 Å². The average Bonchev–Trinajstić information content (AvgIpc) is 3.12. The molecular weight excluding hydrogens is 336 g/mol. The highest BCUT2D eigenvalue weighted by molar-refractivity contribution is 5.92. The van der Waals surface area contributed by atoms with E-state index in [-0.39, 0.29) is 23.9 Å². The lowest BCUT2D eigenvalue weighted by Gasteiger charge is -2.03. The second-order valence-corrected chi connectivity index (χ2v) is 5.31. The maximum atomic E-state index is 12.0.